The molecule has 2 atom stereocenters. The van der Waals surface area contributed by atoms with Gasteiger partial charge in [-0.1, -0.05) is 60.7 Å². The Balaban J connectivity index is 1.53. The van der Waals surface area contributed by atoms with Crippen LogP contribution < -0.4 is 16.0 Å². The molecular formula is C25H28N4O6. The van der Waals surface area contributed by atoms with E-state index in [0.29, 0.717) is 12.8 Å². The number of ether oxygens (including phenoxy) is 2. The van der Waals surface area contributed by atoms with Crippen molar-refractivity contribution in [3.8, 4) is 0 Å². The van der Waals surface area contributed by atoms with Gasteiger partial charge < -0.3 is 14.8 Å². The maximum atomic E-state index is 12.2. The van der Waals surface area contributed by atoms with Gasteiger partial charge in [0.2, 0.25) is 11.9 Å². The normalized spacial score (nSPS) is 16.2. The van der Waals surface area contributed by atoms with Crippen molar-refractivity contribution in [3.63, 3.8) is 0 Å². The number of amides is 3. The number of β-lactam (4-membered cyclic amide) rings is 1. The molecular weight excluding hydrogens is 452 g/mol. The van der Waals surface area contributed by atoms with E-state index in [1.54, 1.807) is 0 Å². The average molecular weight is 481 g/mol. The van der Waals surface area contributed by atoms with Gasteiger partial charge in [-0.05, 0) is 30.9 Å². The van der Waals surface area contributed by atoms with E-state index in [9.17, 15) is 19.2 Å². The highest BCUT2D eigenvalue weighted by atomic mass is 16.6. The Morgan fingerprint density at radius 1 is 0.886 bits per heavy atom. The van der Waals surface area contributed by atoms with Crippen LogP contribution in [0.25, 0.3) is 0 Å². The Morgan fingerprint density at radius 2 is 1.40 bits per heavy atom. The zero-order valence-corrected chi connectivity index (χ0v) is 19.4. The number of guanidine groups is 1. The maximum absolute atomic E-state index is 12.2. The third-order valence-corrected chi connectivity index (χ3v) is 5.28. The lowest BCUT2D eigenvalue weighted by Crippen LogP contribution is -2.61. The van der Waals surface area contributed by atoms with Crippen LogP contribution in [0.4, 0.5) is 9.59 Å². The SMILES string of the molecule is CC(=O)C1NC(=O)[C@@H]1CCCN=C(NC(=O)OCc1ccccc1)NC(=O)OCc1ccccc1. The molecule has 184 valence electrons. The van der Waals surface area contributed by atoms with E-state index in [2.05, 4.69) is 20.9 Å². The molecule has 3 rings (SSSR count). The summed E-state index contributed by atoms with van der Waals surface area (Å²) in [5.74, 6) is -0.787. The second-order valence-electron chi connectivity index (χ2n) is 7.95. The smallest absolute Gasteiger partial charge is 0.414 e. The highest BCUT2D eigenvalue weighted by Crippen LogP contribution is 2.21. The molecule has 0 aliphatic carbocycles. The molecule has 2 aromatic rings. The van der Waals surface area contributed by atoms with Gasteiger partial charge in [0.1, 0.15) is 13.2 Å². The molecule has 0 radical (unpaired) electrons. The minimum absolute atomic E-state index is 0.0433. The van der Waals surface area contributed by atoms with Gasteiger partial charge in [-0.3, -0.25) is 25.2 Å². The lowest BCUT2D eigenvalue weighted by Gasteiger charge is -2.34. The molecule has 10 heteroatoms. The summed E-state index contributed by atoms with van der Waals surface area (Å²) in [6.07, 6.45) is -0.687. The number of rotatable bonds is 9. The van der Waals surface area contributed by atoms with Crippen LogP contribution in [0.2, 0.25) is 0 Å². The summed E-state index contributed by atoms with van der Waals surface area (Å²) in [6, 6.07) is 17.8. The van der Waals surface area contributed by atoms with E-state index in [1.807, 2.05) is 60.7 Å². The number of aliphatic imine (C=N–C) groups is 1. The van der Waals surface area contributed by atoms with Gasteiger partial charge >= 0.3 is 12.2 Å². The summed E-state index contributed by atoms with van der Waals surface area (Å²) in [5, 5.41) is 7.40. The first-order chi connectivity index (χ1) is 16.9. The number of carbonyl (C=O) groups is 4. The van der Waals surface area contributed by atoms with E-state index in [4.69, 9.17) is 9.47 Å². The summed E-state index contributed by atoms with van der Waals surface area (Å²) in [4.78, 5) is 51.9. The predicted octanol–water partition coefficient (Wildman–Crippen LogP) is 2.68. The molecule has 35 heavy (non-hydrogen) atoms. The van der Waals surface area contributed by atoms with Crippen LogP contribution in [0.3, 0.4) is 0 Å². The monoisotopic (exact) mass is 480 g/mol. The molecule has 0 aromatic heterocycles. The van der Waals surface area contributed by atoms with Crippen LogP contribution in [0.5, 0.6) is 0 Å². The van der Waals surface area contributed by atoms with Crippen LogP contribution in [0, 0.1) is 5.92 Å². The van der Waals surface area contributed by atoms with Crippen molar-refractivity contribution in [2.75, 3.05) is 6.54 Å². The molecule has 0 saturated carbocycles. The number of alkyl carbamates (subject to hydrolysis) is 2. The standard InChI is InChI=1S/C25H28N4O6/c1-17(30)21-20(22(31)27-21)13-8-14-26-23(28-24(32)34-15-18-9-4-2-5-10-18)29-25(33)35-16-19-11-6-3-7-12-19/h2-7,9-12,20-21H,8,13-16H2,1H3,(H,27,31)(H2,26,28,29,32,33)/t20-,21?/m1/s1. The maximum Gasteiger partial charge on any atom is 0.414 e. The number of carbonyl (C=O) groups excluding carboxylic acids is 4. The molecule has 2 aromatic carbocycles. The number of nitrogens with zero attached hydrogens (tertiary/aromatic N) is 1. The minimum Gasteiger partial charge on any atom is -0.444 e. The van der Waals surface area contributed by atoms with Gasteiger partial charge in [0, 0.05) is 6.54 Å². The molecule has 1 saturated heterocycles. The summed E-state index contributed by atoms with van der Waals surface area (Å²) in [6.45, 7) is 1.72. The summed E-state index contributed by atoms with van der Waals surface area (Å²) in [5.41, 5.74) is 1.60. The van der Waals surface area contributed by atoms with Gasteiger partial charge in [0.25, 0.3) is 0 Å². The van der Waals surface area contributed by atoms with Crippen molar-refractivity contribution in [1.29, 1.82) is 0 Å². The molecule has 10 nitrogen and oxygen atoms in total. The van der Waals surface area contributed by atoms with E-state index in [-0.39, 0.29) is 37.4 Å². The van der Waals surface area contributed by atoms with Crippen molar-refractivity contribution in [2.45, 2.75) is 39.0 Å². The van der Waals surface area contributed by atoms with E-state index >= 15 is 0 Å². The summed E-state index contributed by atoms with van der Waals surface area (Å²) in [7, 11) is 0. The lowest BCUT2D eigenvalue weighted by molar-refractivity contribution is -0.142. The fourth-order valence-corrected chi connectivity index (χ4v) is 3.42. The lowest BCUT2D eigenvalue weighted by atomic mass is 9.84. The highest BCUT2D eigenvalue weighted by molar-refractivity contribution is 6.01. The average Bonchev–Trinajstić information content (AvgIpc) is 2.85. The van der Waals surface area contributed by atoms with Crippen molar-refractivity contribution >= 4 is 29.8 Å². The number of Topliss-reactive ketones (excluding diaryl/α,β-unsaturated/α-hetero) is 1. The number of hydrogen-bond acceptors (Lipinski definition) is 7. The van der Waals surface area contributed by atoms with Crippen molar-refractivity contribution < 1.29 is 28.7 Å². The van der Waals surface area contributed by atoms with Crippen LogP contribution >= 0.6 is 0 Å². The fraction of sp³-hybridized carbons (Fsp3) is 0.320. The molecule has 3 N–H and O–H groups in total. The van der Waals surface area contributed by atoms with E-state index < -0.39 is 24.1 Å². The van der Waals surface area contributed by atoms with Crippen LogP contribution in [0.15, 0.2) is 65.7 Å². The Hall–Kier alpha value is -4.21. The number of nitrogens with one attached hydrogen (secondary N) is 3. The van der Waals surface area contributed by atoms with Crippen LogP contribution in [-0.4, -0.2) is 42.4 Å². The Morgan fingerprint density at radius 3 is 1.86 bits per heavy atom. The van der Waals surface area contributed by atoms with Crippen LogP contribution in [-0.2, 0) is 32.3 Å². The Kier molecular flexibility index (Phi) is 9.35. The highest BCUT2D eigenvalue weighted by Gasteiger charge is 2.41. The zero-order valence-electron chi connectivity index (χ0n) is 19.4. The molecule has 3 amide bonds. The van der Waals surface area contributed by atoms with E-state index in [0.717, 1.165) is 11.1 Å². The largest absolute Gasteiger partial charge is 0.444 e. The Labute approximate surface area is 203 Å². The quantitative estimate of drug-likeness (QED) is 0.219. The van der Waals surface area contributed by atoms with Gasteiger partial charge in [-0.15, -0.1) is 0 Å². The third-order valence-electron chi connectivity index (χ3n) is 5.28. The van der Waals surface area contributed by atoms with Gasteiger partial charge in [0.15, 0.2) is 5.78 Å². The molecule has 1 unspecified atom stereocenters. The number of ketones is 1. The van der Waals surface area contributed by atoms with E-state index in [1.165, 1.54) is 6.92 Å². The second kappa shape index (κ2) is 12.9. The Bertz CT molecular complexity index is 999. The number of benzene rings is 2. The first-order valence-corrected chi connectivity index (χ1v) is 11.2. The van der Waals surface area contributed by atoms with Crippen molar-refractivity contribution in [1.82, 2.24) is 16.0 Å². The zero-order chi connectivity index (χ0) is 25.0. The van der Waals surface area contributed by atoms with Crippen molar-refractivity contribution in [3.05, 3.63) is 71.8 Å². The first-order valence-electron chi connectivity index (χ1n) is 11.2. The molecule has 0 bridgehead atoms. The van der Waals surface area contributed by atoms with Crippen LogP contribution in [0.1, 0.15) is 30.9 Å². The van der Waals surface area contributed by atoms with Gasteiger partial charge in [-0.2, -0.15) is 0 Å². The molecule has 1 aliphatic heterocycles. The molecule has 0 spiro atoms. The summed E-state index contributed by atoms with van der Waals surface area (Å²) >= 11 is 0. The number of hydrogen-bond donors (Lipinski definition) is 3. The minimum atomic E-state index is -0.800. The molecule has 1 heterocycles. The fourth-order valence-electron chi connectivity index (χ4n) is 3.42. The molecule has 1 fully saturated rings. The molecule has 1 aliphatic rings. The summed E-state index contributed by atoms with van der Waals surface area (Å²) < 4.78 is 10.4. The van der Waals surface area contributed by atoms with Crippen molar-refractivity contribution in [2.24, 2.45) is 10.9 Å². The van der Waals surface area contributed by atoms with Gasteiger partial charge in [0.05, 0.1) is 12.0 Å². The predicted molar refractivity (Wildman–Crippen MR) is 127 cm³/mol. The topological polar surface area (TPSA) is 135 Å². The third kappa shape index (κ3) is 8.26. The first kappa shape index (κ1) is 25.4. The second-order valence-corrected chi connectivity index (χ2v) is 7.95. The van der Waals surface area contributed by atoms with Gasteiger partial charge in [-0.25, -0.2) is 9.59 Å².